The Kier molecular flexibility index (Phi) is 6.14. The Labute approximate surface area is 178 Å². The van der Waals surface area contributed by atoms with E-state index in [0.717, 1.165) is 38.8 Å². The highest BCUT2D eigenvalue weighted by Gasteiger charge is 2.56. The third kappa shape index (κ3) is 4.24. The summed E-state index contributed by atoms with van der Waals surface area (Å²) in [7, 11) is 2.10. The third-order valence-corrected chi connectivity index (χ3v) is 8.53. The summed E-state index contributed by atoms with van der Waals surface area (Å²) in [6.07, 6.45) is 2.44. The number of amides is 1. The van der Waals surface area contributed by atoms with Crippen molar-refractivity contribution in [2.24, 2.45) is 29.1 Å². The molecular formula is C22H37F3N4O. The van der Waals surface area contributed by atoms with Gasteiger partial charge in [-0.25, -0.2) is 10.9 Å². The molecule has 0 aromatic carbocycles. The molecule has 2 aliphatic carbocycles. The molecule has 6 atom stereocenters. The molecule has 2 saturated heterocycles. The number of rotatable bonds is 4. The molecule has 0 radical (unpaired) electrons. The zero-order chi connectivity index (χ0) is 21.7. The molecule has 0 aromatic rings. The van der Waals surface area contributed by atoms with Gasteiger partial charge in [0.2, 0.25) is 5.91 Å². The molecule has 172 valence electrons. The second kappa shape index (κ2) is 8.24. The number of alkyl halides is 3. The van der Waals surface area contributed by atoms with Crippen LogP contribution in [-0.4, -0.2) is 54.4 Å². The smallest absolute Gasteiger partial charge is 0.339 e. The van der Waals surface area contributed by atoms with Gasteiger partial charge in [-0.05, 0) is 62.8 Å². The van der Waals surface area contributed by atoms with Gasteiger partial charge in [0.05, 0.1) is 18.8 Å². The number of carbonyl (C=O) groups is 1. The summed E-state index contributed by atoms with van der Waals surface area (Å²) in [5.74, 6) is -1.79. The molecule has 2 saturated carbocycles. The van der Waals surface area contributed by atoms with Gasteiger partial charge in [-0.1, -0.05) is 26.7 Å². The number of halogens is 3. The minimum Gasteiger partial charge on any atom is -0.339 e. The fourth-order valence-corrected chi connectivity index (χ4v) is 6.63. The number of nitrogens with one attached hydrogen (secondary N) is 2. The van der Waals surface area contributed by atoms with Crippen molar-refractivity contribution in [3.8, 4) is 0 Å². The minimum atomic E-state index is -4.19. The molecule has 5 nitrogen and oxygen atoms in total. The topological polar surface area (TPSA) is 47.6 Å². The van der Waals surface area contributed by atoms with Crippen LogP contribution in [0.15, 0.2) is 0 Å². The van der Waals surface area contributed by atoms with E-state index in [1.165, 1.54) is 0 Å². The average molecular weight is 431 g/mol. The van der Waals surface area contributed by atoms with Crippen LogP contribution < -0.4 is 10.9 Å². The lowest BCUT2D eigenvalue weighted by molar-refractivity contribution is -0.198. The Morgan fingerprint density at radius 2 is 1.83 bits per heavy atom. The van der Waals surface area contributed by atoms with E-state index in [0.29, 0.717) is 25.3 Å². The highest BCUT2D eigenvalue weighted by Crippen LogP contribution is 2.50. The molecular weight excluding hydrogens is 393 g/mol. The second-order valence-electron chi connectivity index (χ2n) is 10.8. The van der Waals surface area contributed by atoms with Crippen LogP contribution in [0, 0.1) is 29.1 Å². The van der Waals surface area contributed by atoms with Crippen molar-refractivity contribution in [1.29, 1.82) is 0 Å². The van der Waals surface area contributed by atoms with Gasteiger partial charge in [-0.3, -0.25) is 9.69 Å². The summed E-state index contributed by atoms with van der Waals surface area (Å²) in [5.41, 5.74) is 6.61. The number of nitrogens with zero attached hydrogens (tertiary/aromatic N) is 2. The number of carbonyl (C=O) groups excluding carboxylic acids is 1. The Morgan fingerprint density at radius 1 is 1.10 bits per heavy atom. The first-order valence-electron chi connectivity index (χ1n) is 11.6. The van der Waals surface area contributed by atoms with Crippen molar-refractivity contribution in [1.82, 2.24) is 20.7 Å². The second-order valence-corrected chi connectivity index (χ2v) is 10.8. The van der Waals surface area contributed by atoms with Gasteiger partial charge in [0, 0.05) is 18.5 Å². The first-order chi connectivity index (χ1) is 14.1. The predicted molar refractivity (Wildman–Crippen MR) is 109 cm³/mol. The van der Waals surface area contributed by atoms with E-state index in [1.807, 2.05) is 4.90 Å². The molecule has 8 heteroatoms. The first-order valence-corrected chi connectivity index (χ1v) is 11.6. The van der Waals surface area contributed by atoms with Crippen molar-refractivity contribution in [3.05, 3.63) is 0 Å². The maximum atomic E-state index is 13.6. The summed E-state index contributed by atoms with van der Waals surface area (Å²) >= 11 is 0. The largest absolute Gasteiger partial charge is 0.392 e. The van der Waals surface area contributed by atoms with Gasteiger partial charge in [-0.15, -0.1) is 0 Å². The minimum absolute atomic E-state index is 0.00111. The van der Waals surface area contributed by atoms with E-state index in [9.17, 15) is 18.0 Å². The van der Waals surface area contributed by atoms with Gasteiger partial charge >= 0.3 is 6.18 Å². The summed E-state index contributed by atoms with van der Waals surface area (Å²) < 4.78 is 40.7. The van der Waals surface area contributed by atoms with Crippen LogP contribution in [0.3, 0.4) is 0 Å². The van der Waals surface area contributed by atoms with Crippen LogP contribution in [0.2, 0.25) is 0 Å². The highest BCUT2D eigenvalue weighted by atomic mass is 19.4. The lowest BCUT2D eigenvalue weighted by Gasteiger charge is -2.44. The molecule has 1 amide bonds. The zero-order valence-corrected chi connectivity index (χ0v) is 18.5. The summed E-state index contributed by atoms with van der Waals surface area (Å²) in [6.45, 7) is 5.74. The van der Waals surface area contributed by atoms with Gasteiger partial charge in [-0.2, -0.15) is 13.2 Å². The quantitative estimate of drug-likeness (QED) is 0.714. The van der Waals surface area contributed by atoms with Gasteiger partial charge < -0.3 is 4.90 Å². The van der Waals surface area contributed by atoms with Crippen molar-refractivity contribution < 1.29 is 18.0 Å². The Morgan fingerprint density at radius 3 is 2.50 bits per heavy atom. The fraction of sp³-hybridized carbons (Fsp3) is 0.955. The molecule has 2 aliphatic heterocycles. The lowest BCUT2D eigenvalue weighted by atomic mass is 9.67. The van der Waals surface area contributed by atoms with Crippen LogP contribution in [0.25, 0.3) is 0 Å². The Hall–Kier alpha value is -0.860. The van der Waals surface area contributed by atoms with Crippen molar-refractivity contribution >= 4 is 5.91 Å². The maximum absolute atomic E-state index is 13.6. The predicted octanol–water partition coefficient (Wildman–Crippen LogP) is 3.72. The summed E-state index contributed by atoms with van der Waals surface area (Å²) in [5, 5.41) is 0. The molecule has 4 fully saturated rings. The number of hydrazine groups is 1. The number of likely N-dealkylation sites (tertiary alicyclic amines) is 1. The fourth-order valence-electron chi connectivity index (χ4n) is 6.63. The van der Waals surface area contributed by atoms with Crippen molar-refractivity contribution in [2.45, 2.75) is 83.6 Å². The van der Waals surface area contributed by atoms with E-state index < -0.39 is 23.9 Å². The molecule has 0 bridgehead atoms. The van der Waals surface area contributed by atoms with E-state index >= 15 is 0 Å². The van der Waals surface area contributed by atoms with Crippen molar-refractivity contribution in [3.63, 3.8) is 0 Å². The maximum Gasteiger partial charge on any atom is 0.392 e. The highest BCUT2D eigenvalue weighted by molar-refractivity contribution is 5.82. The molecule has 0 spiro atoms. The molecule has 4 aliphatic rings. The van der Waals surface area contributed by atoms with E-state index in [2.05, 4.69) is 36.6 Å². The normalized spacial score (nSPS) is 38.9. The lowest BCUT2D eigenvalue weighted by Crippen LogP contribution is -2.46. The van der Waals surface area contributed by atoms with Crippen LogP contribution in [-0.2, 0) is 4.79 Å². The van der Waals surface area contributed by atoms with Crippen LogP contribution in [0.4, 0.5) is 13.2 Å². The van der Waals surface area contributed by atoms with E-state index in [-0.39, 0.29) is 30.0 Å². The SMILES string of the molecule is CN1CNNC1CC(C)(C)C1CCCC(N2CC3C(CCCC3C(F)(F)F)C2=O)C1. The standard InChI is InChI=1S/C22H37F3N4O/c1-21(2,11-19-27-26-13-28(19)3)14-6-4-7-15(10-14)29-12-17-16(20(29)30)8-5-9-18(17)22(23,24)25/h14-19,26-27H,4-13H2,1-3H3. The van der Waals surface area contributed by atoms with Gasteiger partial charge in [0.25, 0.3) is 0 Å². The Bertz CT molecular complexity index is 640. The third-order valence-electron chi connectivity index (χ3n) is 8.53. The molecule has 2 heterocycles. The number of fused-ring (bicyclic) bond motifs is 1. The molecule has 4 rings (SSSR count). The van der Waals surface area contributed by atoms with Crippen LogP contribution >= 0.6 is 0 Å². The number of hydrogen-bond acceptors (Lipinski definition) is 4. The molecule has 0 aromatic heterocycles. The first kappa shape index (κ1) is 22.3. The molecule has 2 N–H and O–H groups in total. The average Bonchev–Trinajstić information content (AvgIpc) is 3.24. The van der Waals surface area contributed by atoms with Crippen LogP contribution in [0.1, 0.15) is 65.2 Å². The monoisotopic (exact) mass is 430 g/mol. The van der Waals surface area contributed by atoms with Crippen LogP contribution in [0.5, 0.6) is 0 Å². The van der Waals surface area contributed by atoms with E-state index in [1.54, 1.807) is 0 Å². The number of hydrogen-bond donors (Lipinski definition) is 2. The summed E-state index contributed by atoms with van der Waals surface area (Å²) in [6, 6.07) is 0.0994. The van der Waals surface area contributed by atoms with E-state index in [4.69, 9.17) is 0 Å². The molecule has 30 heavy (non-hydrogen) atoms. The van der Waals surface area contributed by atoms with Crippen molar-refractivity contribution in [2.75, 3.05) is 20.3 Å². The van der Waals surface area contributed by atoms with Gasteiger partial charge in [0.1, 0.15) is 0 Å². The Balaban J connectivity index is 1.43. The molecule has 6 unspecified atom stereocenters. The zero-order valence-electron chi connectivity index (χ0n) is 18.5. The van der Waals surface area contributed by atoms with Gasteiger partial charge in [0.15, 0.2) is 0 Å². The summed E-state index contributed by atoms with van der Waals surface area (Å²) in [4.78, 5) is 17.2.